The maximum absolute atomic E-state index is 12.0. The van der Waals surface area contributed by atoms with Crippen LogP contribution in [0.15, 0.2) is 0 Å². The summed E-state index contributed by atoms with van der Waals surface area (Å²) >= 11 is 0. The lowest BCUT2D eigenvalue weighted by Gasteiger charge is -2.37. The second kappa shape index (κ2) is 7.15. The summed E-state index contributed by atoms with van der Waals surface area (Å²) < 4.78 is 0. The molecule has 1 rings (SSSR count). The highest BCUT2D eigenvalue weighted by atomic mass is 16.4. The van der Waals surface area contributed by atoms with Crippen molar-refractivity contribution in [3.8, 4) is 12.3 Å². The Morgan fingerprint density at radius 2 is 1.95 bits per heavy atom. The number of terminal acetylenes is 1. The second-order valence-electron chi connectivity index (χ2n) is 5.44. The van der Waals surface area contributed by atoms with E-state index in [1.54, 1.807) is 0 Å². The molecule has 6 nitrogen and oxygen atoms in total. The standard InChI is InChI=1S/C14H23N3O3/c1-4-9-17(10-12(18)19)13(20)15-11-14(16(2)3)7-5-6-8-14/h1H,5-11H2,2-3H3,(H,15,20)(H,18,19). The summed E-state index contributed by atoms with van der Waals surface area (Å²) in [4.78, 5) is 26.0. The summed E-state index contributed by atoms with van der Waals surface area (Å²) in [5.74, 6) is 1.23. The van der Waals surface area contributed by atoms with Crippen LogP contribution >= 0.6 is 0 Å². The van der Waals surface area contributed by atoms with Gasteiger partial charge in [0.15, 0.2) is 0 Å². The quantitative estimate of drug-likeness (QED) is 0.699. The van der Waals surface area contributed by atoms with Crippen molar-refractivity contribution in [1.82, 2.24) is 15.1 Å². The molecule has 0 atom stereocenters. The number of urea groups is 1. The Hall–Kier alpha value is -1.74. The molecule has 2 N–H and O–H groups in total. The van der Waals surface area contributed by atoms with Gasteiger partial charge in [-0.1, -0.05) is 18.8 Å². The molecule has 0 saturated heterocycles. The number of hydrogen-bond donors (Lipinski definition) is 2. The van der Waals surface area contributed by atoms with Gasteiger partial charge in [-0.25, -0.2) is 4.79 Å². The van der Waals surface area contributed by atoms with Crippen molar-refractivity contribution < 1.29 is 14.7 Å². The molecule has 6 heteroatoms. The van der Waals surface area contributed by atoms with Gasteiger partial charge in [0.1, 0.15) is 6.54 Å². The number of aliphatic carboxylic acids is 1. The summed E-state index contributed by atoms with van der Waals surface area (Å²) in [6.45, 7) is 0.123. The molecule has 0 unspecified atom stereocenters. The van der Waals surface area contributed by atoms with Crippen LogP contribution in [-0.2, 0) is 4.79 Å². The van der Waals surface area contributed by atoms with Crippen LogP contribution in [0.25, 0.3) is 0 Å². The molecule has 112 valence electrons. The zero-order chi connectivity index (χ0) is 15.2. The maximum Gasteiger partial charge on any atom is 0.323 e. The van der Waals surface area contributed by atoms with Crippen molar-refractivity contribution in [2.45, 2.75) is 31.2 Å². The number of amides is 2. The van der Waals surface area contributed by atoms with E-state index < -0.39 is 12.0 Å². The van der Waals surface area contributed by atoms with Crippen LogP contribution in [-0.4, -0.2) is 66.2 Å². The molecule has 0 aromatic rings. The van der Waals surface area contributed by atoms with E-state index in [9.17, 15) is 9.59 Å². The van der Waals surface area contributed by atoms with Crippen molar-refractivity contribution in [3.63, 3.8) is 0 Å². The first kappa shape index (κ1) is 16.3. The molecule has 20 heavy (non-hydrogen) atoms. The Bertz CT molecular complexity index is 395. The van der Waals surface area contributed by atoms with Crippen LogP contribution in [0.2, 0.25) is 0 Å². The zero-order valence-electron chi connectivity index (χ0n) is 12.2. The third kappa shape index (κ3) is 4.14. The molecular formula is C14H23N3O3. The van der Waals surface area contributed by atoms with E-state index in [0.717, 1.165) is 30.6 Å². The summed E-state index contributed by atoms with van der Waals surface area (Å²) in [6, 6.07) is -0.418. The Labute approximate surface area is 120 Å². The van der Waals surface area contributed by atoms with Crippen molar-refractivity contribution in [2.24, 2.45) is 0 Å². The van der Waals surface area contributed by atoms with Gasteiger partial charge in [-0.3, -0.25) is 4.79 Å². The van der Waals surface area contributed by atoms with E-state index in [4.69, 9.17) is 11.5 Å². The number of carbonyl (C=O) groups is 2. The first-order valence-corrected chi connectivity index (χ1v) is 6.77. The molecule has 0 heterocycles. The highest BCUT2D eigenvalue weighted by Crippen LogP contribution is 2.33. The smallest absolute Gasteiger partial charge is 0.323 e. The molecule has 1 saturated carbocycles. The van der Waals surface area contributed by atoms with Gasteiger partial charge in [-0.2, -0.15) is 0 Å². The molecule has 0 radical (unpaired) electrons. The van der Waals surface area contributed by atoms with Gasteiger partial charge in [0.25, 0.3) is 0 Å². The molecule has 1 aliphatic carbocycles. The topological polar surface area (TPSA) is 72.9 Å². The van der Waals surface area contributed by atoms with Crippen LogP contribution in [0.3, 0.4) is 0 Å². The Balaban J connectivity index is 2.59. The van der Waals surface area contributed by atoms with Gasteiger partial charge < -0.3 is 20.2 Å². The Morgan fingerprint density at radius 3 is 2.40 bits per heavy atom. The van der Waals surface area contributed by atoms with Gasteiger partial charge in [-0.15, -0.1) is 6.42 Å². The third-order valence-electron chi connectivity index (χ3n) is 3.95. The largest absolute Gasteiger partial charge is 0.480 e. The minimum Gasteiger partial charge on any atom is -0.480 e. The predicted molar refractivity (Wildman–Crippen MR) is 76.3 cm³/mol. The number of likely N-dealkylation sites (N-methyl/N-ethyl adjacent to an activating group) is 1. The van der Waals surface area contributed by atoms with Gasteiger partial charge >= 0.3 is 12.0 Å². The van der Waals surface area contributed by atoms with Crippen LogP contribution in [0, 0.1) is 12.3 Å². The minimum absolute atomic E-state index is 0.00685. The first-order valence-electron chi connectivity index (χ1n) is 6.77. The minimum atomic E-state index is -1.07. The fourth-order valence-electron chi connectivity index (χ4n) is 2.64. The summed E-state index contributed by atoms with van der Waals surface area (Å²) in [5, 5.41) is 11.6. The fourth-order valence-corrected chi connectivity index (χ4v) is 2.64. The zero-order valence-corrected chi connectivity index (χ0v) is 12.2. The average molecular weight is 281 g/mol. The fraction of sp³-hybridized carbons (Fsp3) is 0.714. The van der Waals surface area contributed by atoms with Crippen molar-refractivity contribution in [3.05, 3.63) is 0 Å². The van der Waals surface area contributed by atoms with Crippen molar-refractivity contribution >= 4 is 12.0 Å². The summed E-state index contributed by atoms with van der Waals surface area (Å²) in [5.41, 5.74) is -0.0271. The molecule has 0 bridgehead atoms. The van der Waals surface area contributed by atoms with Gasteiger partial charge in [0, 0.05) is 12.1 Å². The molecule has 2 amide bonds. The monoisotopic (exact) mass is 281 g/mol. The number of carbonyl (C=O) groups excluding carboxylic acids is 1. The molecule has 0 spiro atoms. The third-order valence-corrected chi connectivity index (χ3v) is 3.95. The van der Waals surface area contributed by atoms with Gasteiger partial charge in [-0.05, 0) is 26.9 Å². The lowest BCUT2D eigenvalue weighted by atomic mass is 9.96. The maximum atomic E-state index is 12.0. The lowest BCUT2D eigenvalue weighted by Crippen LogP contribution is -2.53. The van der Waals surface area contributed by atoms with Crippen molar-refractivity contribution in [2.75, 3.05) is 33.7 Å². The lowest BCUT2D eigenvalue weighted by molar-refractivity contribution is -0.137. The van der Waals surface area contributed by atoms with E-state index >= 15 is 0 Å². The Morgan fingerprint density at radius 1 is 1.35 bits per heavy atom. The number of nitrogens with one attached hydrogen (secondary N) is 1. The Kier molecular flexibility index (Phi) is 5.83. The molecule has 0 aliphatic heterocycles. The number of rotatable bonds is 6. The average Bonchev–Trinajstić information content (AvgIpc) is 2.85. The van der Waals surface area contributed by atoms with E-state index in [1.807, 2.05) is 14.1 Å². The highest BCUT2D eigenvalue weighted by molar-refractivity contribution is 5.80. The second-order valence-corrected chi connectivity index (χ2v) is 5.44. The van der Waals surface area contributed by atoms with E-state index in [2.05, 4.69) is 16.1 Å². The SMILES string of the molecule is C#CCN(CC(=O)O)C(=O)NCC1(N(C)C)CCCC1. The van der Waals surface area contributed by atoms with Crippen LogP contribution in [0.4, 0.5) is 4.79 Å². The normalized spacial score (nSPS) is 16.7. The number of hydrogen-bond acceptors (Lipinski definition) is 3. The highest BCUT2D eigenvalue weighted by Gasteiger charge is 2.36. The van der Waals surface area contributed by atoms with Crippen molar-refractivity contribution in [1.29, 1.82) is 0 Å². The van der Waals surface area contributed by atoms with E-state index in [-0.39, 0.29) is 18.6 Å². The van der Waals surface area contributed by atoms with Crippen LogP contribution in [0.5, 0.6) is 0 Å². The number of nitrogens with zero attached hydrogens (tertiary/aromatic N) is 2. The van der Waals surface area contributed by atoms with Crippen LogP contribution < -0.4 is 5.32 Å². The summed E-state index contributed by atoms with van der Waals surface area (Å²) in [7, 11) is 4.02. The van der Waals surface area contributed by atoms with E-state index in [0.29, 0.717) is 6.54 Å². The number of carboxylic acid groups (broad SMARTS) is 1. The first-order chi connectivity index (χ1) is 9.41. The molecule has 0 aromatic carbocycles. The molecule has 0 aromatic heterocycles. The molecular weight excluding hydrogens is 258 g/mol. The van der Waals surface area contributed by atoms with Gasteiger partial charge in [0.2, 0.25) is 0 Å². The molecule has 1 aliphatic rings. The summed E-state index contributed by atoms with van der Waals surface area (Å²) in [6.07, 6.45) is 9.53. The predicted octanol–water partition coefficient (Wildman–Crippen LogP) is 0.590. The van der Waals surface area contributed by atoms with E-state index in [1.165, 1.54) is 0 Å². The van der Waals surface area contributed by atoms with Gasteiger partial charge in [0.05, 0.1) is 6.54 Å². The van der Waals surface area contributed by atoms with Crippen LogP contribution in [0.1, 0.15) is 25.7 Å². The molecule has 1 fully saturated rings. The number of carboxylic acids is 1.